The van der Waals surface area contributed by atoms with Crippen molar-refractivity contribution < 1.29 is 53.2 Å². The molecule has 0 radical (unpaired) electrons. The number of aromatic carboxylic acids is 3. The van der Waals surface area contributed by atoms with Gasteiger partial charge in [-0.05, 0) is 168 Å². The van der Waals surface area contributed by atoms with E-state index in [0.29, 0.717) is 36.8 Å². The third kappa shape index (κ3) is 18.6. The Balaban J connectivity index is 0.000000156. The van der Waals surface area contributed by atoms with Crippen LogP contribution in [0.1, 0.15) is 119 Å². The molecule has 14 rings (SSSR count). The molecule has 0 aromatic heterocycles. The first-order valence-corrected chi connectivity index (χ1v) is 37.5. The van der Waals surface area contributed by atoms with Gasteiger partial charge < -0.3 is 49.5 Å². The highest BCUT2D eigenvalue weighted by Crippen LogP contribution is 2.41. The number of nitrogens with zero attached hydrogens (tertiary/aromatic N) is 6. The molecule has 3 amide bonds. The van der Waals surface area contributed by atoms with Crippen molar-refractivity contribution in [1.29, 1.82) is 0 Å². The van der Waals surface area contributed by atoms with Gasteiger partial charge in [0.15, 0.2) is 0 Å². The number of fused-ring (bicyclic) bond motifs is 2. The number of amides is 3. The summed E-state index contributed by atoms with van der Waals surface area (Å²) < 4.78 is 19.0. The summed E-state index contributed by atoms with van der Waals surface area (Å²) >= 11 is 0. The van der Waals surface area contributed by atoms with E-state index < -0.39 is 35.7 Å². The molecule has 0 saturated heterocycles. The molecule has 0 atom stereocenters. The van der Waals surface area contributed by atoms with Gasteiger partial charge in [-0.25, -0.2) is 18.8 Å². The van der Waals surface area contributed by atoms with Crippen LogP contribution < -0.4 is 34.1 Å². The average molecular weight is 1490 g/mol. The van der Waals surface area contributed by atoms with Crippen molar-refractivity contribution in [2.75, 3.05) is 83.8 Å². The van der Waals surface area contributed by atoms with E-state index in [2.05, 4.69) is 21.9 Å². The SMILES string of the molecule is CN(C(=O)C(c1ccccc1)c1ccccc1)c1ccc(N2CCCCc3ccccc32)cc1C(=O)O.CN(C(=O)C(c1ccccc1)c1ccccc1)c1ccc(N2CCCOc3ccccc32)cc1C(=O)O.CN(CCCc1ccc(F)cc1)c1ccc(N(C)C(=O)C(c2ccccc2)c2ccccc2)c(C(=O)O)c1. The van der Waals surface area contributed by atoms with Gasteiger partial charge in [-0.3, -0.25) is 14.4 Å². The fraction of sp³-hybridized carbons (Fsp3) is 0.179. The topological polar surface area (TPSA) is 192 Å². The van der Waals surface area contributed by atoms with Crippen molar-refractivity contribution in [3.05, 3.63) is 376 Å². The van der Waals surface area contributed by atoms with E-state index in [4.69, 9.17) is 4.74 Å². The number of carboxylic acid groups (broad SMARTS) is 3. The van der Waals surface area contributed by atoms with Crippen LogP contribution in [-0.2, 0) is 27.2 Å². The molecular weight excluding hydrogens is 1400 g/mol. The number of aryl methyl sites for hydroxylation is 2. The predicted octanol–water partition coefficient (Wildman–Crippen LogP) is 19.1. The van der Waals surface area contributed by atoms with Crippen molar-refractivity contribution in [1.82, 2.24) is 0 Å². The first-order chi connectivity index (χ1) is 54.4. The second-order valence-electron chi connectivity index (χ2n) is 27.7. The van der Waals surface area contributed by atoms with Crippen LogP contribution in [-0.4, -0.2) is 105 Å². The number of halogens is 1. The number of para-hydroxylation sites is 3. The van der Waals surface area contributed by atoms with E-state index >= 15 is 0 Å². The monoisotopic (exact) mass is 1490 g/mol. The average Bonchev–Trinajstić information content (AvgIpc) is 0.805. The van der Waals surface area contributed by atoms with Crippen LogP contribution in [0.3, 0.4) is 0 Å². The maximum atomic E-state index is 13.9. The maximum Gasteiger partial charge on any atom is 0.337 e. The number of ether oxygens (including phenoxy) is 1. The Morgan fingerprint density at radius 3 is 1.17 bits per heavy atom. The molecule has 2 aliphatic rings. The number of carboxylic acids is 3. The Morgan fingerprint density at radius 1 is 0.393 bits per heavy atom. The molecule has 0 fully saturated rings. The molecule has 3 N–H and O–H groups in total. The van der Waals surface area contributed by atoms with Gasteiger partial charge in [0.1, 0.15) is 11.6 Å². The first-order valence-electron chi connectivity index (χ1n) is 37.5. The summed E-state index contributed by atoms with van der Waals surface area (Å²) in [7, 11) is 6.82. The number of hydrogen-bond acceptors (Lipinski definition) is 10. The molecule has 17 heteroatoms. The van der Waals surface area contributed by atoms with Crippen LogP contribution in [0.4, 0.5) is 49.9 Å². The Labute approximate surface area is 653 Å². The number of carbonyl (C=O) groups excluding carboxylic acids is 3. The normalized spacial score (nSPS) is 12.2. The summed E-state index contributed by atoms with van der Waals surface area (Å²) in [5.74, 6) is -5.04. The van der Waals surface area contributed by atoms with E-state index in [0.717, 1.165) is 118 Å². The summed E-state index contributed by atoms with van der Waals surface area (Å²) in [5, 5.41) is 30.4. The van der Waals surface area contributed by atoms with Gasteiger partial charge in [-0.2, -0.15) is 0 Å². The number of carbonyl (C=O) groups is 6. The van der Waals surface area contributed by atoms with E-state index in [9.17, 15) is 48.5 Å². The van der Waals surface area contributed by atoms with Crippen LogP contribution in [0.15, 0.2) is 309 Å². The van der Waals surface area contributed by atoms with E-state index in [1.807, 2.05) is 249 Å². The predicted molar refractivity (Wildman–Crippen MR) is 443 cm³/mol. The van der Waals surface area contributed by atoms with Gasteiger partial charge in [-0.1, -0.05) is 224 Å². The van der Waals surface area contributed by atoms with Crippen molar-refractivity contribution >= 4 is 81.1 Å². The van der Waals surface area contributed by atoms with E-state index in [1.54, 1.807) is 69.7 Å². The van der Waals surface area contributed by atoms with E-state index in [-0.39, 0.29) is 40.2 Å². The Hall–Kier alpha value is -13.4. The molecule has 2 heterocycles. The summed E-state index contributed by atoms with van der Waals surface area (Å²) in [4.78, 5) is 89.5. The van der Waals surface area contributed by atoms with Gasteiger partial charge in [0.2, 0.25) is 17.7 Å². The molecule has 2 aliphatic heterocycles. The lowest BCUT2D eigenvalue weighted by atomic mass is 9.90. The number of hydrogen-bond donors (Lipinski definition) is 3. The zero-order valence-electron chi connectivity index (χ0n) is 63.0. The minimum atomic E-state index is -1.10. The van der Waals surface area contributed by atoms with E-state index in [1.165, 1.54) is 32.4 Å². The zero-order chi connectivity index (χ0) is 78.6. The van der Waals surface area contributed by atoms with Gasteiger partial charge in [-0.15, -0.1) is 0 Å². The lowest BCUT2D eigenvalue weighted by Crippen LogP contribution is -2.33. The molecule has 0 spiro atoms. The van der Waals surface area contributed by atoms with Crippen LogP contribution in [0.5, 0.6) is 5.75 Å². The standard InChI is InChI=1S/C32H31FN2O3.C32H30N2O3.C31H28N2O4/c1-34(21-9-10-23-15-17-26(33)18-16-23)27-19-20-29(28(22-27)32(37)38)35(2)31(36)30(24-11-5-3-6-12-24)25-13-7-4-8-14-25;1-33(31(35)30(24-14-4-2-5-15-24)25-16-6-3-7-17-25)29-20-19-26(22-27(29)32(36)37)34-21-11-10-13-23-12-8-9-18-28(23)34;1-32(30(34)29(22-11-4-2-5-12-22)23-13-6-3-7-14-23)26-18-17-24(21-25(26)31(35)36)33-19-10-20-37-28-16-9-8-15-27(28)33/h3-8,11-20,22,30H,9-10,21H2,1-2H3,(H,37,38);2-9,12,14-20,22,30H,10-11,13,21H2,1H3,(H,36,37);2-9,11-18,21,29H,10,19-20H2,1H3,(H,35,36). The van der Waals surface area contributed by atoms with Crippen molar-refractivity contribution in [3.63, 3.8) is 0 Å². The van der Waals surface area contributed by atoms with Crippen molar-refractivity contribution in [2.24, 2.45) is 0 Å². The number of benzene rings is 12. The molecular formula is C95H89FN6O10. The maximum absolute atomic E-state index is 13.9. The first kappa shape index (κ1) is 78.2. The fourth-order valence-electron chi connectivity index (χ4n) is 14.6. The lowest BCUT2D eigenvalue weighted by Gasteiger charge is -2.28. The summed E-state index contributed by atoms with van der Waals surface area (Å²) in [6, 6.07) is 95.6. The molecule has 0 unspecified atom stereocenters. The smallest absolute Gasteiger partial charge is 0.337 e. The Kier molecular flexibility index (Phi) is 25.9. The van der Waals surface area contributed by atoms with Crippen molar-refractivity contribution in [3.8, 4) is 5.75 Å². The van der Waals surface area contributed by atoms with Crippen LogP contribution >= 0.6 is 0 Å². The lowest BCUT2D eigenvalue weighted by molar-refractivity contribution is -0.119. The second-order valence-corrected chi connectivity index (χ2v) is 27.7. The molecule has 112 heavy (non-hydrogen) atoms. The number of likely N-dealkylation sites (N-methyl/N-ethyl adjacent to an activating group) is 3. The van der Waals surface area contributed by atoms with Gasteiger partial charge in [0.25, 0.3) is 0 Å². The van der Waals surface area contributed by atoms with Gasteiger partial charge >= 0.3 is 17.9 Å². The van der Waals surface area contributed by atoms with Gasteiger partial charge in [0, 0.05) is 70.6 Å². The quantitative estimate of drug-likeness (QED) is 0.0581. The zero-order valence-corrected chi connectivity index (χ0v) is 63.0. The number of rotatable bonds is 22. The Morgan fingerprint density at radius 2 is 0.750 bits per heavy atom. The highest BCUT2D eigenvalue weighted by Gasteiger charge is 2.33. The van der Waals surface area contributed by atoms with Crippen LogP contribution in [0.2, 0.25) is 0 Å². The molecule has 0 bridgehead atoms. The molecule has 0 saturated carbocycles. The summed E-state index contributed by atoms with van der Waals surface area (Å²) in [5.41, 5.74) is 13.0. The molecule has 12 aromatic rings. The van der Waals surface area contributed by atoms with Crippen LogP contribution in [0, 0.1) is 5.82 Å². The molecule has 16 nitrogen and oxygen atoms in total. The molecule has 12 aromatic carbocycles. The second kappa shape index (κ2) is 37.1. The summed E-state index contributed by atoms with van der Waals surface area (Å²) in [6.07, 6.45) is 5.52. The third-order valence-electron chi connectivity index (χ3n) is 20.5. The highest BCUT2D eigenvalue weighted by atomic mass is 19.1. The van der Waals surface area contributed by atoms with Gasteiger partial charge in [0.05, 0.1) is 63.8 Å². The minimum Gasteiger partial charge on any atom is -0.491 e. The van der Waals surface area contributed by atoms with Crippen LogP contribution in [0.25, 0.3) is 0 Å². The number of anilines is 8. The third-order valence-corrected chi connectivity index (χ3v) is 20.5. The fourth-order valence-corrected chi connectivity index (χ4v) is 14.6. The van der Waals surface area contributed by atoms with Crippen molar-refractivity contribution in [2.45, 2.75) is 56.3 Å². The minimum absolute atomic E-state index is 0.0589. The summed E-state index contributed by atoms with van der Waals surface area (Å²) in [6.45, 7) is 2.78. The Bertz CT molecular complexity index is 4880. The molecule has 0 aliphatic carbocycles. The highest BCUT2D eigenvalue weighted by molar-refractivity contribution is 6.08. The largest absolute Gasteiger partial charge is 0.491 e. The molecule has 566 valence electrons.